The van der Waals surface area contributed by atoms with Gasteiger partial charge in [-0.1, -0.05) is 6.92 Å². The quantitative estimate of drug-likeness (QED) is 0.574. The van der Waals surface area contributed by atoms with Crippen molar-refractivity contribution < 1.29 is 0 Å². The second kappa shape index (κ2) is 3.87. The highest BCUT2D eigenvalue weighted by atomic mass is 15.1. The molecular formula is C6H16N2. The van der Waals surface area contributed by atoms with Crippen molar-refractivity contribution in [2.45, 2.75) is 19.9 Å². The minimum Gasteiger partial charge on any atom is -0.327 e. The number of hydrogen-bond donors (Lipinski definition) is 1. The molecule has 0 saturated heterocycles. The van der Waals surface area contributed by atoms with Gasteiger partial charge in [-0.3, -0.25) is 0 Å². The van der Waals surface area contributed by atoms with Crippen LogP contribution in [0.1, 0.15) is 13.8 Å². The zero-order valence-electron chi connectivity index (χ0n) is 6.02. The Morgan fingerprint density at radius 2 is 2.12 bits per heavy atom. The van der Waals surface area contributed by atoms with Crippen molar-refractivity contribution in [1.82, 2.24) is 4.90 Å². The third-order valence-electron chi connectivity index (χ3n) is 1.14. The normalized spacial score (nSPS) is 14.6. The fourth-order valence-electron chi connectivity index (χ4n) is 0.621. The average Bonchev–Trinajstić information content (AvgIpc) is 1.65. The van der Waals surface area contributed by atoms with E-state index in [2.05, 4.69) is 18.9 Å². The van der Waals surface area contributed by atoms with Crippen LogP contribution in [0.15, 0.2) is 0 Å². The highest BCUT2D eigenvalue weighted by Gasteiger charge is 1.96. The van der Waals surface area contributed by atoms with Crippen molar-refractivity contribution in [1.29, 1.82) is 0 Å². The average molecular weight is 116 g/mol. The molecule has 0 aliphatic heterocycles. The van der Waals surface area contributed by atoms with Crippen LogP contribution in [-0.2, 0) is 0 Å². The van der Waals surface area contributed by atoms with Gasteiger partial charge in [0.25, 0.3) is 0 Å². The van der Waals surface area contributed by atoms with Gasteiger partial charge in [0.15, 0.2) is 0 Å². The molecule has 0 aromatic carbocycles. The van der Waals surface area contributed by atoms with E-state index < -0.39 is 0 Å². The largest absolute Gasteiger partial charge is 0.327 e. The van der Waals surface area contributed by atoms with Crippen molar-refractivity contribution in [3.63, 3.8) is 0 Å². The third kappa shape index (κ3) is 4.09. The van der Waals surface area contributed by atoms with E-state index in [1.165, 1.54) is 0 Å². The Morgan fingerprint density at radius 1 is 1.62 bits per heavy atom. The summed E-state index contributed by atoms with van der Waals surface area (Å²) in [7, 11) is 2.07. The Kier molecular flexibility index (Phi) is 3.83. The summed E-state index contributed by atoms with van der Waals surface area (Å²) >= 11 is 0. The van der Waals surface area contributed by atoms with E-state index in [1.807, 2.05) is 6.92 Å². The zero-order valence-corrected chi connectivity index (χ0v) is 6.02. The standard InChI is InChI=1S/C6H16N2/c1-4-8(3)5-6(2)7/h6H,4-5,7H2,1-3H3. The van der Waals surface area contributed by atoms with Crippen LogP contribution in [0.4, 0.5) is 0 Å². The summed E-state index contributed by atoms with van der Waals surface area (Å²) in [6, 6.07) is 0.306. The molecule has 8 heavy (non-hydrogen) atoms. The van der Waals surface area contributed by atoms with Crippen molar-refractivity contribution in [2.24, 2.45) is 5.73 Å². The molecule has 1 unspecified atom stereocenters. The maximum atomic E-state index is 5.53. The SMILES string of the molecule is CCN(C)CC(C)N. The van der Waals surface area contributed by atoms with Crippen molar-refractivity contribution >= 4 is 0 Å². The van der Waals surface area contributed by atoms with E-state index in [1.54, 1.807) is 0 Å². The molecule has 0 aliphatic carbocycles. The number of hydrogen-bond acceptors (Lipinski definition) is 2. The van der Waals surface area contributed by atoms with Gasteiger partial charge < -0.3 is 10.6 Å². The molecule has 50 valence electrons. The van der Waals surface area contributed by atoms with Crippen LogP contribution in [0.2, 0.25) is 0 Å². The Hall–Kier alpha value is -0.0800. The highest BCUT2D eigenvalue weighted by molar-refractivity contribution is 4.56. The van der Waals surface area contributed by atoms with E-state index in [-0.39, 0.29) is 0 Å². The second-order valence-electron chi connectivity index (χ2n) is 2.33. The molecule has 0 aliphatic rings. The lowest BCUT2D eigenvalue weighted by molar-refractivity contribution is 0.334. The molecule has 2 N–H and O–H groups in total. The van der Waals surface area contributed by atoms with Crippen LogP contribution in [0.5, 0.6) is 0 Å². The molecule has 0 saturated carbocycles. The fraction of sp³-hybridized carbons (Fsp3) is 1.00. The van der Waals surface area contributed by atoms with E-state index in [0.717, 1.165) is 13.1 Å². The number of nitrogens with two attached hydrogens (primary N) is 1. The van der Waals surface area contributed by atoms with Gasteiger partial charge in [0.05, 0.1) is 0 Å². The molecule has 0 aromatic heterocycles. The summed E-state index contributed by atoms with van der Waals surface area (Å²) in [5, 5.41) is 0. The van der Waals surface area contributed by atoms with Crippen molar-refractivity contribution in [3.05, 3.63) is 0 Å². The zero-order chi connectivity index (χ0) is 6.57. The Balaban J connectivity index is 3.10. The third-order valence-corrected chi connectivity index (χ3v) is 1.14. The van der Waals surface area contributed by atoms with Crippen molar-refractivity contribution in [2.75, 3.05) is 20.1 Å². The summed E-state index contributed by atoms with van der Waals surface area (Å²) in [5.74, 6) is 0. The predicted molar refractivity (Wildman–Crippen MR) is 36.8 cm³/mol. The molecule has 1 atom stereocenters. The van der Waals surface area contributed by atoms with E-state index in [0.29, 0.717) is 6.04 Å². The number of likely N-dealkylation sites (N-methyl/N-ethyl adjacent to an activating group) is 1. The molecule has 0 amide bonds. The Bertz CT molecular complexity index is 52.5. The molecule has 0 radical (unpaired) electrons. The summed E-state index contributed by atoms with van der Waals surface area (Å²) in [6.07, 6.45) is 0. The summed E-state index contributed by atoms with van der Waals surface area (Å²) in [6.45, 7) is 6.23. The first-order valence-corrected chi connectivity index (χ1v) is 3.11. The smallest absolute Gasteiger partial charge is 0.0139 e. The molecule has 0 aromatic rings. The van der Waals surface area contributed by atoms with Crippen LogP contribution < -0.4 is 5.73 Å². The molecule has 0 heterocycles. The second-order valence-corrected chi connectivity index (χ2v) is 2.33. The summed E-state index contributed by atoms with van der Waals surface area (Å²) in [5.41, 5.74) is 5.53. The van der Waals surface area contributed by atoms with Gasteiger partial charge in [-0.25, -0.2) is 0 Å². The predicted octanol–water partition coefficient (Wildman–Crippen LogP) is 0.285. The van der Waals surface area contributed by atoms with Crippen LogP contribution in [0.3, 0.4) is 0 Å². The van der Waals surface area contributed by atoms with Crippen LogP contribution in [0.25, 0.3) is 0 Å². The minimum atomic E-state index is 0.306. The maximum absolute atomic E-state index is 5.53. The lowest BCUT2D eigenvalue weighted by Crippen LogP contribution is -2.32. The van der Waals surface area contributed by atoms with Gasteiger partial charge in [0.1, 0.15) is 0 Å². The van der Waals surface area contributed by atoms with Crippen molar-refractivity contribution in [3.8, 4) is 0 Å². The van der Waals surface area contributed by atoms with E-state index in [9.17, 15) is 0 Å². The first kappa shape index (κ1) is 7.92. The first-order valence-electron chi connectivity index (χ1n) is 3.11. The lowest BCUT2D eigenvalue weighted by atomic mass is 10.3. The Morgan fingerprint density at radius 3 is 2.25 bits per heavy atom. The van der Waals surface area contributed by atoms with Gasteiger partial charge in [0.2, 0.25) is 0 Å². The molecule has 0 fully saturated rings. The molecule has 0 rings (SSSR count). The van der Waals surface area contributed by atoms with E-state index in [4.69, 9.17) is 5.73 Å². The van der Waals surface area contributed by atoms with Gasteiger partial charge >= 0.3 is 0 Å². The highest BCUT2D eigenvalue weighted by Crippen LogP contribution is 1.82. The lowest BCUT2D eigenvalue weighted by Gasteiger charge is -2.15. The molecule has 2 nitrogen and oxygen atoms in total. The van der Waals surface area contributed by atoms with E-state index >= 15 is 0 Å². The molecular weight excluding hydrogens is 100 g/mol. The van der Waals surface area contributed by atoms with Gasteiger partial charge in [-0.05, 0) is 20.5 Å². The Labute approximate surface area is 51.7 Å². The summed E-state index contributed by atoms with van der Waals surface area (Å²) < 4.78 is 0. The number of nitrogens with zero attached hydrogens (tertiary/aromatic N) is 1. The van der Waals surface area contributed by atoms with Crippen LogP contribution in [-0.4, -0.2) is 31.1 Å². The van der Waals surface area contributed by atoms with Crippen LogP contribution >= 0.6 is 0 Å². The maximum Gasteiger partial charge on any atom is 0.0139 e. The first-order chi connectivity index (χ1) is 3.66. The monoisotopic (exact) mass is 116 g/mol. The summed E-state index contributed by atoms with van der Waals surface area (Å²) in [4.78, 5) is 2.20. The molecule has 2 heteroatoms. The van der Waals surface area contributed by atoms with Gasteiger partial charge in [-0.2, -0.15) is 0 Å². The van der Waals surface area contributed by atoms with Crippen LogP contribution in [0, 0.1) is 0 Å². The van der Waals surface area contributed by atoms with Gasteiger partial charge in [0, 0.05) is 12.6 Å². The molecule has 0 spiro atoms. The minimum absolute atomic E-state index is 0.306. The number of rotatable bonds is 3. The fourth-order valence-corrected chi connectivity index (χ4v) is 0.621. The topological polar surface area (TPSA) is 29.3 Å². The molecule has 0 bridgehead atoms. The van der Waals surface area contributed by atoms with Gasteiger partial charge in [-0.15, -0.1) is 0 Å².